The molecule has 1 aliphatic rings. The maximum Gasteiger partial charge on any atom is 0.275 e. The molecule has 0 spiro atoms. The maximum atomic E-state index is 12.2. The van der Waals surface area contributed by atoms with Crippen LogP contribution in [-0.2, 0) is 4.79 Å². The number of para-hydroxylation sites is 1. The fourth-order valence-electron chi connectivity index (χ4n) is 2.32. The molecule has 0 saturated carbocycles. The number of aryl methyl sites for hydroxylation is 1. The smallest absolute Gasteiger partial charge is 0.275 e. The van der Waals surface area contributed by atoms with Gasteiger partial charge in [0.1, 0.15) is 5.71 Å². The second-order valence-corrected chi connectivity index (χ2v) is 6.15. The Hall–Kier alpha value is -1.65. The molecule has 1 heterocycles. The van der Waals surface area contributed by atoms with Crippen LogP contribution in [0.3, 0.4) is 0 Å². The molecular weight excluding hydrogens is 352 g/mol. The summed E-state index contributed by atoms with van der Waals surface area (Å²) in [6.07, 6.45) is 0. The minimum atomic E-state index is -0.183. The summed E-state index contributed by atoms with van der Waals surface area (Å²) in [6, 6.07) is 9.46. The van der Waals surface area contributed by atoms with Gasteiger partial charge in [-0.2, -0.15) is 0 Å². The standard InChI is InChI=1S/C16H12BrClN2O/c1-8-4-3-5-10-14(8)20-16(21)15(10)19-12-7-6-11(17)13(18)9(12)2/h3-7H,1-2H3,(H,19,20,21). The highest BCUT2D eigenvalue weighted by Crippen LogP contribution is 2.34. The fraction of sp³-hybridized carbons (Fsp3) is 0.125. The Bertz CT molecular complexity index is 799. The molecule has 3 rings (SSSR count). The van der Waals surface area contributed by atoms with Crippen LogP contribution in [0.25, 0.3) is 0 Å². The summed E-state index contributed by atoms with van der Waals surface area (Å²) < 4.78 is 0.817. The van der Waals surface area contributed by atoms with E-state index in [1.165, 1.54) is 0 Å². The van der Waals surface area contributed by atoms with Crippen LogP contribution in [-0.4, -0.2) is 11.6 Å². The van der Waals surface area contributed by atoms with Crippen LogP contribution in [0.15, 0.2) is 39.8 Å². The van der Waals surface area contributed by atoms with Crippen LogP contribution in [0.4, 0.5) is 11.4 Å². The van der Waals surface area contributed by atoms with E-state index in [0.29, 0.717) is 16.4 Å². The van der Waals surface area contributed by atoms with E-state index < -0.39 is 0 Å². The van der Waals surface area contributed by atoms with Gasteiger partial charge in [0.25, 0.3) is 5.91 Å². The van der Waals surface area contributed by atoms with Crippen molar-refractivity contribution in [1.82, 2.24) is 0 Å². The van der Waals surface area contributed by atoms with Gasteiger partial charge in [0.2, 0.25) is 0 Å². The van der Waals surface area contributed by atoms with Crippen molar-refractivity contribution in [2.75, 3.05) is 5.32 Å². The van der Waals surface area contributed by atoms with Gasteiger partial charge in [-0.3, -0.25) is 4.79 Å². The highest BCUT2D eigenvalue weighted by molar-refractivity contribution is 9.10. The van der Waals surface area contributed by atoms with Crippen molar-refractivity contribution in [3.63, 3.8) is 0 Å². The minimum absolute atomic E-state index is 0.183. The highest BCUT2D eigenvalue weighted by Gasteiger charge is 2.27. The molecule has 1 amide bonds. The number of hydrogen-bond donors (Lipinski definition) is 1. The van der Waals surface area contributed by atoms with E-state index >= 15 is 0 Å². The molecule has 3 nitrogen and oxygen atoms in total. The van der Waals surface area contributed by atoms with Crippen LogP contribution in [0.5, 0.6) is 0 Å². The molecule has 21 heavy (non-hydrogen) atoms. The second kappa shape index (κ2) is 5.28. The average Bonchev–Trinajstić information content (AvgIpc) is 2.78. The van der Waals surface area contributed by atoms with Gasteiger partial charge in [-0.25, -0.2) is 4.99 Å². The number of anilines is 1. The summed E-state index contributed by atoms with van der Waals surface area (Å²) >= 11 is 9.59. The Morgan fingerprint density at radius 3 is 2.71 bits per heavy atom. The SMILES string of the molecule is Cc1cccc2c1NC(=O)C2=Nc1ccc(Br)c(Cl)c1C. The normalized spacial score (nSPS) is 15.2. The number of halogens is 2. The van der Waals surface area contributed by atoms with Crippen molar-refractivity contribution < 1.29 is 4.79 Å². The largest absolute Gasteiger partial charge is 0.320 e. The van der Waals surface area contributed by atoms with Gasteiger partial charge < -0.3 is 5.32 Å². The van der Waals surface area contributed by atoms with Gasteiger partial charge in [0, 0.05) is 10.0 Å². The van der Waals surface area contributed by atoms with Crippen molar-refractivity contribution in [3.8, 4) is 0 Å². The Balaban J connectivity index is 2.16. The quantitative estimate of drug-likeness (QED) is 0.777. The van der Waals surface area contributed by atoms with Crippen LogP contribution >= 0.6 is 27.5 Å². The molecule has 0 aliphatic carbocycles. The number of benzene rings is 2. The number of carbonyl (C=O) groups excluding carboxylic acids is 1. The summed E-state index contributed by atoms with van der Waals surface area (Å²) in [6.45, 7) is 3.85. The zero-order valence-corrected chi connectivity index (χ0v) is 13.8. The van der Waals surface area contributed by atoms with Gasteiger partial charge in [0.15, 0.2) is 0 Å². The first-order valence-corrected chi connectivity index (χ1v) is 7.60. The summed E-state index contributed by atoms with van der Waals surface area (Å²) in [5.41, 5.74) is 4.66. The lowest BCUT2D eigenvalue weighted by Crippen LogP contribution is -2.14. The molecule has 2 aromatic carbocycles. The number of nitrogens with one attached hydrogen (secondary N) is 1. The van der Waals surface area contributed by atoms with Crippen molar-refractivity contribution in [2.24, 2.45) is 4.99 Å². The number of aliphatic imine (C=N–C) groups is 1. The maximum absolute atomic E-state index is 12.2. The van der Waals surface area contributed by atoms with Crippen molar-refractivity contribution in [1.29, 1.82) is 0 Å². The van der Waals surface area contributed by atoms with Gasteiger partial charge in [-0.1, -0.05) is 29.8 Å². The molecule has 0 fully saturated rings. The lowest BCUT2D eigenvalue weighted by atomic mass is 10.1. The Morgan fingerprint density at radius 1 is 1.19 bits per heavy atom. The topological polar surface area (TPSA) is 41.5 Å². The molecule has 2 aromatic rings. The van der Waals surface area contributed by atoms with Crippen LogP contribution < -0.4 is 5.32 Å². The number of fused-ring (bicyclic) bond motifs is 1. The first-order chi connectivity index (χ1) is 9.99. The lowest BCUT2D eigenvalue weighted by molar-refractivity contribution is -0.110. The molecule has 0 unspecified atom stereocenters. The molecule has 1 N–H and O–H groups in total. The zero-order valence-electron chi connectivity index (χ0n) is 11.5. The van der Waals surface area contributed by atoms with Gasteiger partial charge in [-0.15, -0.1) is 0 Å². The molecule has 0 radical (unpaired) electrons. The van der Waals surface area contributed by atoms with Crippen LogP contribution in [0.1, 0.15) is 16.7 Å². The van der Waals surface area contributed by atoms with Gasteiger partial charge >= 0.3 is 0 Å². The number of hydrogen-bond acceptors (Lipinski definition) is 2. The molecule has 0 bridgehead atoms. The van der Waals surface area contributed by atoms with E-state index in [-0.39, 0.29) is 5.91 Å². The van der Waals surface area contributed by atoms with Crippen molar-refractivity contribution in [3.05, 3.63) is 56.5 Å². The van der Waals surface area contributed by atoms with Crippen molar-refractivity contribution in [2.45, 2.75) is 13.8 Å². The monoisotopic (exact) mass is 362 g/mol. The average molecular weight is 364 g/mol. The second-order valence-electron chi connectivity index (χ2n) is 4.92. The zero-order chi connectivity index (χ0) is 15.1. The summed E-state index contributed by atoms with van der Waals surface area (Å²) in [5, 5.41) is 3.48. The number of amides is 1. The first-order valence-electron chi connectivity index (χ1n) is 6.43. The van der Waals surface area contributed by atoms with Crippen LogP contribution in [0, 0.1) is 13.8 Å². The van der Waals surface area contributed by atoms with E-state index in [1.807, 2.05) is 44.2 Å². The molecule has 0 aromatic heterocycles. The van der Waals surface area contributed by atoms with Gasteiger partial charge in [-0.05, 0) is 53.0 Å². The fourth-order valence-corrected chi connectivity index (χ4v) is 2.91. The van der Waals surface area contributed by atoms with E-state index in [2.05, 4.69) is 26.2 Å². The molecule has 106 valence electrons. The number of rotatable bonds is 1. The predicted molar refractivity (Wildman–Crippen MR) is 89.9 cm³/mol. The summed E-state index contributed by atoms with van der Waals surface area (Å²) in [7, 11) is 0. The Kier molecular flexibility index (Phi) is 3.59. The molecule has 1 aliphatic heterocycles. The third-order valence-electron chi connectivity index (χ3n) is 3.52. The number of carbonyl (C=O) groups is 1. The van der Waals surface area contributed by atoms with E-state index in [9.17, 15) is 4.79 Å². The van der Waals surface area contributed by atoms with Crippen LogP contribution in [0.2, 0.25) is 5.02 Å². The Morgan fingerprint density at radius 2 is 1.95 bits per heavy atom. The molecule has 0 atom stereocenters. The molecule has 5 heteroatoms. The lowest BCUT2D eigenvalue weighted by Gasteiger charge is -2.06. The third kappa shape index (κ3) is 2.39. The molecule has 0 saturated heterocycles. The van der Waals surface area contributed by atoms with E-state index in [1.54, 1.807) is 0 Å². The molecular formula is C16H12BrClN2O. The van der Waals surface area contributed by atoms with E-state index in [0.717, 1.165) is 26.9 Å². The predicted octanol–water partition coefficient (Wildman–Crippen LogP) is 4.79. The number of nitrogens with zero attached hydrogens (tertiary/aromatic N) is 1. The Labute approximate surface area is 136 Å². The summed E-state index contributed by atoms with van der Waals surface area (Å²) in [5.74, 6) is -0.183. The highest BCUT2D eigenvalue weighted by atomic mass is 79.9. The van der Waals surface area contributed by atoms with Crippen molar-refractivity contribution >= 4 is 50.5 Å². The minimum Gasteiger partial charge on any atom is -0.320 e. The van der Waals surface area contributed by atoms with Gasteiger partial charge in [0.05, 0.1) is 16.4 Å². The van der Waals surface area contributed by atoms with E-state index in [4.69, 9.17) is 11.6 Å². The third-order valence-corrected chi connectivity index (χ3v) is 4.90. The first kappa shape index (κ1) is 14.3. The summed E-state index contributed by atoms with van der Waals surface area (Å²) in [4.78, 5) is 16.7.